The molecule has 4 atom stereocenters. The average Bonchev–Trinajstić information content (AvgIpc) is 2.79. The lowest BCUT2D eigenvalue weighted by Crippen LogP contribution is -2.50. The van der Waals surface area contributed by atoms with E-state index in [-0.39, 0.29) is 24.7 Å². The van der Waals surface area contributed by atoms with Crippen LogP contribution in [0, 0.1) is 5.92 Å². The molecule has 0 unspecified atom stereocenters. The van der Waals surface area contributed by atoms with Gasteiger partial charge in [-0.3, -0.25) is 0 Å². The number of rotatable bonds is 4. The first-order valence-electron chi connectivity index (χ1n) is 7.33. The summed E-state index contributed by atoms with van der Waals surface area (Å²) in [4.78, 5) is 0. The Kier molecular flexibility index (Phi) is 4.28. The van der Waals surface area contributed by atoms with Crippen molar-refractivity contribution >= 4 is 0 Å². The normalized spacial score (nSPS) is 34.6. The Hall–Kier alpha value is -0.980. The lowest BCUT2D eigenvalue weighted by atomic mass is 9.95. The molecule has 0 saturated carbocycles. The summed E-state index contributed by atoms with van der Waals surface area (Å²) in [5, 5.41) is 9.68. The van der Waals surface area contributed by atoms with Crippen LogP contribution in [0.4, 0.5) is 0 Å². The van der Waals surface area contributed by atoms with Crippen LogP contribution < -0.4 is 0 Å². The number of hydrogen-bond donors (Lipinski definition) is 1. The summed E-state index contributed by atoms with van der Waals surface area (Å²) in [7, 11) is 0. The second kappa shape index (κ2) is 6.02. The minimum atomic E-state index is -0.638. The van der Waals surface area contributed by atoms with Gasteiger partial charge in [-0.1, -0.05) is 30.3 Å². The molecule has 0 aliphatic carbocycles. The minimum absolute atomic E-state index is 0.0555. The fourth-order valence-corrected chi connectivity index (χ4v) is 2.94. The van der Waals surface area contributed by atoms with Gasteiger partial charge in [0.1, 0.15) is 6.10 Å². The fraction of sp³-hybridized carbons (Fsp3) is 0.625. The monoisotopic (exact) mass is 294 g/mol. The van der Waals surface area contributed by atoms with E-state index in [2.05, 4.69) is 0 Å². The topological polar surface area (TPSA) is 57.2 Å². The van der Waals surface area contributed by atoms with E-state index < -0.39 is 12.1 Å². The summed E-state index contributed by atoms with van der Waals surface area (Å²) in [6.45, 7) is 4.56. The standard InChI is InChI=1S/C16H22O5/c1-16(2)20-13-10-19-15(12(8-17)14(13)21-16)18-9-11-6-4-3-5-7-11/h3-7,12-15,17H,8-10H2,1-2H3/t12-,13+,14-,15+/m0/s1. The molecule has 1 aromatic rings. The van der Waals surface area contributed by atoms with Crippen molar-refractivity contribution in [3.63, 3.8) is 0 Å². The molecule has 21 heavy (non-hydrogen) atoms. The third-order valence-electron chi connectivity index (χ3n) is 3.89. The molecule has 5 heteroatoms. The van der Waals surface area contributed by atoms with Crippen LogP contribution in [0.3, 0.4) is 0 Å². The average molecular weight is 294 g/mol. The molecule has 0 spiro atoms. The molecule has 0 aromatic heterocycles. The van der Waals surface area contributed by atoms with E-state index in [1.54, 1.807) is 0 Å². The van der Waals surface area contributed by atoms with Crippen molar-refractivity contribution in [3.8, 4) is 0 Å². The number of benzene rings is 1. The van der Waals surface area contributed by atoms with Gasteiger partial charge in [-0.05, 0) is 19.4 Å². The maximum atomic E-state index is 9.68. The Balaban J connectivity index is 1.64. The Bertz CT molecular complexity index is 461. The molecule has 3 rings (SSSR count). The summed E-state index contributed by atoms with van der Waals surface area (Å²) in [5.74, 6) is -0.880. The third kappa shape index (κ3) is 3.27. The summed E-state index contributed by atoms with van der Waals surface area (Å²) in [6, 6.07) is 9.90. The quantitative estimate of drug-likeness (QED) is 0.916. The number of fused-ring (bicyclic) bond motifs is 1. The van der Waals surface area contributed by atoms with Crippen LogP contribution in [0.25, 0.3) is 0 Å². The zero-order valence-electron chi connectivity index (χ0n) is 12.4. The second-order valence-electron chi connectivity index (χ2n) is 5.98. The maximum Gasteiger partial charge on any atom is 0.165 e. The minimum Gasteiger partial charge on any atom is -0.396 e. The molecule has 2 saturated heterocycles. The molecule has 116 valence electrons. The van der Waals surface area contributed by atoms with Gasteiger partial charge in [0, 0.05) is 0 Å². The van der Waals surface area contributed by atoms with E-state index in [0.29, 0.717) is 13.2 Å². The first-order valence-corrected chi connectivity index (χ1v) is 7.33. The molecule has 2 heterocycles. The molecule has 5 nitrogen and oxygen atoms in total. The number of aliphatic hydroxyl groups is 1. The summed E-state index contributed by atoms with van der Waals surface area (Å²) in [5.41, 5.74) is 1.07. The van der Waals surface area contributed by atoms with Gasteiger partial charge in [-0.25, -0.2) is 0 Å². The van der Waals surface area contributed by atoms with E-state index in [1.807, 2.05) is 44.2 Å². The Labute approximate surface area is 124 Å². The van der Waals surface area contributed by atoms with Crippen molar-refractivity contribution in [3.05, 3.63) is 35.9 Å². The van der Waals surface area contributed by atoms with Crippen LogP contribution in [0.2, 0.25) is 0 Å². The molecule has 0 amide bonds. The summed E-state index contributed by atoms with van der Waals surface area (Å²) >= 11 is 0. The molecular weight excluding hydrogens is 272 g/mol. The van der Waals surface area contributed by atoms with Crippen molar-refractivity contribution in [2.24, 2.45) is 5.92 Å². The summed E-state index contributed by atoms with van der Waals surface area (Å²) < 4.78 is 23.2. The Morgan fingerprint density at radius 1 is 1.24 bits per heavy atom. The number of aliphatic hydroxyl groups excluding tert-OH is 1. The van der Waals surface area contributed by atoms with Crippen LogP contribution in [0.1, 0.15) is 19.4 Å². The van der Waals surface area contributed by atoms with Crippen LogP contribution in [0.15, 0.2) is 30.3 Å². The Morgan fingerprint density at radius 3 is 2.71 bits per heavy atom. The second-order valence-corrected chi connectivity index (χ2v) is 5.98. The summed E-state index contributed by atoms with van der Waals surface area (Å²) in [6.07, 6.45) is -0.817. The molecular formula is C16H22O5. The SMILES string of the molecule is CC1(C)O[C@H]2[C@H](CO)[C@H](OCc3ccccc3)OC[C@H]2O1. The van der Waals surface area contributed by atoms with Crippen LogP contribution in [-0.2, 0) is 25.6 Å². The van der Waals surface area contributed by atoms with Gasteiger partial charge >= 0.3 is 0 Å². The van der Waals surface area contributed by atoms with E-state index in [1.165, 1.54) is 0 Å². The molecule has 2 fully saturated rings. The van der Waals surface area contributed by atoms with Crippen molar-refractivity contribution in [1.82, 2.24) is 0 Å². The van der Waals surface area contributed by atoms with E-state index in [0.717, 1.165) is 5.56 Å². The zero-order valence-corrected chi connectivity index (χ0v) is 12.4. The van der Waals surface area contributed by atoms with Crippen molar-refractivity contribution in [1.29, 1.82) is 0 Å². The highest BCUT2D eigenvalue weighted by Crippen LogP contribution is 2.37. The van der Waals surface area contributed by atoms with Crippen LogP contribution in [-0.4, -0.2) is 42.6 Å². The molecule has 1 aromatic carbocycles. The van der Waals surface area contributed by atoms with Gasteiger partial charge in [-0.2, -0.15) is 0 Å². The first-order chi connectivity index (χ1) is 10.1. The van der Waals surface area contributed by atoms with Gasteiger partial charge in [0.2, 0.25) is 0 Å². The van der Waals surface area contributed by atoms with Crippen molar-refractivity contribution < 1.29 is 24.1 Å². The van der Waals surface area contributed by atoms with E-state index >= 15 is 0 Å². The van der Waals surface area contributed by atoms with Crippen molar-refractivity contribution in [2.45, 2.75) is 44.7 Å². The fourth-order valence-electron chi connectivity index (χ4n) is 2.94. The van der Waals surface area contributed by atoms with Crippen molar-refractivity contribution in [2.75, 3.05) is 13.2 Å². The third-order valence-corrected chi connectivity index (χ3v) is 3.89. The molecule has 2 aliphatic rings. The van der Waals surface area contributed by atoms with Gasteiger partial charge in [-0.15, -0.1) is 0 Å². The molecule has 0 bridgehead atoms. The number of hydrogen-bond acceptors (Lipinski definition) is 5. The van der Waals surface area contributed by atoms with Crippen LogP contribution >= 0.6 is 0 Å². The predicted octanol–water partition coefficient (Wildman–Crippen LogP) is 1.69. The van der Waals surface area contributed by atoms with Gasteiger partial charge < -0.3 is 24.1 Å². The van der Waals surface area contributed by atoms with Crippen LogP contribution in [0.5, 0.6) is 0 Å². The zero-order chi connectivity index (χ0) is 14.9. The number of ether oxygens (including phenoxy) is 4. The smallest absolute Gasteiger partial charge is 0.165 e. The van der Waals surface area contributed by atoms with Gasteiger partial charge in [0.05, 0.1) is 31.8 Å². The highest BCUT2D eigenvalue weighted by molar-refractivity contribution is 5.13. The molecule has 2 aliphatic heterocycles. The lowest BCUT2D eigenvalue weighted by Gasteiger charge is -2.36. The highest BCUT2D eigenvalue weighted by Gasteiger charge is 2.51. The largest absolute Gasteiger partial charge is 0.396 e. The van der Waals surface area contributed by atoms with E-state index in [4.69, 9.17) is 18.9 Å². The van der Waals surface area contributed by atoms with Gasteiger partial charge in [0.25, 0.3) is 0 Å². The Morgan fingerprint density at radius 2 is 2.00 bits per heavy atom. The highest BCUT2D eigenvalue weighted by atomic mass is 16.8. The molecule has 1 N–H and O–H groups in total. The van der Waals surface area contributed by atoms with Gasteiger partial charge in [0.15, 0.2) is 12.1 Å². The molecule has 0 radical (unpaired) electrons. The predicted molar refractivity (Wildman–Crippen MR) is 75.4 cm³/mol. The first kappa shape index (κ1) is 14.9. The van der Waals surface area contributed by atoms with E-state index in [9.17, 15) is 5.11 Å². The lowest BCUT2D eigenvalue weighted by molar-refractivity contribution is -0.240. The maximum absolute atomic E-state index is 9.68.